The van der Waals surface area contributed by atoms with Crippen molar-refractivity contribution in [1.29, 1.82) is 0 Å². The van der Waals surface area contributed by atoms with Crippen molar-refractivity contribution in [1.82, 2.24) is 19.7 Å². The van der Waals surface area contributed by atoms with E-state index in [2.05, 4.69) is 9.88 Å². The van der Waals surface area contributed by atoms with Crippen molar-refractivity contribution in [2.24, 2.45) is 0 Å². The lowest BCUT2D eigenvalue weighted by Crippen LogP contribution is -2.51. The highest BCUT2D eigenvalue weighted by atomic mass is 32.1. The van der Waals surface area contributed by atoms with Crippen LogP contribution in [-0.4, -0.2) is 77.3 Å². The normalized spacial score (nSPS) is 14.9. The summed E-state index contributed by atoms with van der Waals surface area (Å²) in [6.45, 7) is 8.74. The summed E-state index contributed by atoms with van der Waals surface area (Å²) < 4.78 is 0. The molecule has 1 aromatic carbocycles. The lowest BCUT2D eigenvalue weighted by molar-refractivity contribution is -0.134. The highest BCUT2D eigenvalue weighted by molar-refractivity contribution is 7.13. The number of carbonyl (C=O) groups excluding carboxylic acids is 2. The molecule has 0 radical (unpaired) electrons. The van der Waals surface area contributed by atoms with Crippen LogP contribution in [0, 0.1) is 0 Å². The maximum Gasteiger partial charge on any atom is 0.236 e. The second-order valence-electron chi connectivity index (χ2n) is 6.91. The van der Waals surface area contributed by atoms with Gasteiger partial charge in [-0.05, 0) is 13.8 Å². The number of carbonyl (C=O) groups is 2. The van der Waals surface area contributed by atoms with E-state index in [1.807, 2.05) is 59.4 Å². The van der Waals surface area contributed by atoms with Crippen LogP contribution in [0.4, 0.5) is 0 Å². The van der Waals surface area contributed by atoms with Crippen molar-refractivity contribution < 1.29 is 9.59 Å². The second kappa shape index (κ2) is 9.80. The first kappa shape index (κ1) is 20.5. The predicted octanol–water partition coefficient (Wildman–Crippen LogP) is 2.37. The van der Waals surface area contributed by atoms with Gasteiger partial charge in [0, 0.05) is 50.2 Å². The van der Waals surface area contributed by atoms with Crippen LogP contribution in [0.15, 0.2) is 35.7 Å². The highest BCUT2D eigenvalue weighted by Gasteiger charge is 2.24. The van der Waals surface area contributed by atoms with E-state index in [0.717, 1.165) is 42.4 Å². The molecule has 28 heavy (non-hydrogen) atoms. The first-order valence-electron chi connectivity index (χ1n) is 9.88. The fourth-order valence-electron chi connectivity index (χ4n) is 3.39. The first-order valence-corrected chi connectivity index (χ1v) is 10.8. The van der Waals surface area contributed by atoms with E-state index in [9.17, 15) is 9.59 Å². The molecule has 2 heterocycles. The van der Waals surface area contributed by atoms with Crippen molar-refractivity contribution in [2.75, 3.05) is 45.8 Å². The molecule has 0 aliphatic carbocycles. The average molecular weight is 401 g/mol. The zero-order chi connectivity index (χ0) is 19.9. The quantitative estimate of drug-likeness (QED) is 0.716. The molecule has 3 rings (SSSR count). The summed E-state index contributed by atoms with van der Waals surface area (Å²) in [6.07, 6.45) is 0.335. The highest BCUT2D eigenvalue weighted by Crippen LogP contribution is 2.23. The Balaban J connectivity index is 1.48. The third-order valence-electron chi connectivity index (χ3n) is 5.10. The topological polar surface area (TPSA) is 56.8 Å². The van der Waals surface area contributed by atoms with Crippen LogP contribution in [0.2, 0.25) is 0 Å². The Morgan fingerprint density at radius 1 is 1.07 bits per heavy atom. The molecule has 150 valence electrons. The van der Waals surface area contributed by atoms with Gasteiger partial charge in [0.1, 0.15) is 5.01 Å². The first-order chi connectivity index (χ1) is 13.6. The van der Waals surface area contributed by atoms with E-state index < -0.39 is 0 Å². The number of rotatable bonds is 7. The average Bonchev–Trinajstić information content (AvgIpc) is 3.18. The molecule has 2 aromatic rings. The Morgan fingerprint density at radius 2 is 1.75 bits per heavy atom. The lowest BCUT2D eigenvalue weighted by atomic mass is 10.2. The SMILES string of the molecule is CCN(CC)C(=O)CN1CCN(C(=O)Cc2csc(-c3ccccc3)n2)CC1. The third kappa shape index (κ3) is 5.17. The molecule has 2 amide bonds. The molecular formula is C21H28N4O2S. The summed E-state index contributed by atoms with van der Waals surface area (Å²) in [5, 5.41) is 2.92. The van der Waals surface area contributed by atoms with Crippen LogP contribution in [0.5, 0.6) is 0 Å². The van der Waals surface area contributed by atoms with Gasteiger partial charge in [0.05, 0.1) is 18.7 Å². The van der Waals surface area contributed by atoms with Gasteiger partial charge < -0.3 is 9.80 Å². The van der Waals surface area contributed by atoms with E-state index >= 15 is 0 Å². The molecule has 1 fully saturated rings. The molecule has 0 bridgehead atoms. The molecule has 7 heteroatoms. The number of thiazole rings is 1. The standard InChI is InChI=1S/C21H28N4O2S/c1-3-24(4-2)20(27)15-23-10-12-25(13-11-23)19(26)14-18-16-28-21(22-18)17-8-6-5-7-9-17/h5-9,16H,3-4,10-15H2,1-2H3. The minimum atomic E-state index is 0.111. The Kier molecular flexibility index (Phi) is 7.17. The summed E-state index contributed by atoms with van der Waals surface area (Å²) >= 11 is 1.57. The Labute approximate surface area is 170 Å². The third-order valence-corrected chi connectivity index (χ3v) is 6.05. The lowest BCUT2D eigenvalue weighted by Gasteiger charge is -2.35. The molecule has 0 atom stereocenters. The van der Waals surface area contributed by atoms with Crippen molar-refractivity contribution in [3.05, 3.63) is 41.4 Å². The van der Waals surface area contributed by atoms with Crippen LogP contribution < -0.4 is 0 Å². The summed E-state index contributed by atoms with van der Waals surface area (Å²) in [5.74, 6) is 0.278. The molecule has 1 aromatic heterocycles. The smallest absolute Gasteiger partial charge is 0.236 e. The zero-order valence-electron chi connectivity index (χ0n) is 16.6. The molecule has 0 unspecified atom stereocenters. The molecule has 6 nitrogen and oxygen atoms in total. The predicted molar refractivity (Wildman–Crippen MR) is 112 cm³/mol. The number of nitrogens with zero attached hydrogens (tertiary/aromatic N) is 4. The van der Waals surface area contributed by atoms with Crippen LogP contribution >= 0.6 is 11.3 Å². The van der Waals surface area contributed by atoms with Gasteiger partial charge in [0.2, 0.25) is 11.8 Å². The Bertz CT molecular complexity index is 781. The molecule has 1 aliphatic heterocycles. The van der Waals surface area contributed by atoms with Crippen LogP contribution in [0.1, 0.15) is 19.5 Å². The number of amides is 2. The number of piperazine rings is 1. The van der Waals surface area contributed by atoms with Crippen LogP contribution in [-0.2, 0) is 16.0 Å². The van der Waals surface area contributed by atoms with Gasteiger partial charge in [-0.1, -0.05) is 30.3 Å². The molecule has 0 N–H and O–H groups in total. The van der Waals surface area contributed by atoms with Crippen molar-refractivity contribution >= 4 is 23.2 Å². The summed E-state index contributed by atoms with van der Waals surface area (Å²) in [5.41, 5.74) is 1.91. The zero-order valence-corrected chi connectivity index (χ0v) is 17.5. The summed E-state index contributed by atoms with van der Waals surface area (Å²) in [7, 11) is 0. The Morgan fingerprint density at radius 3 is 2.39 bits per heavy atom. The summed E-state index contributed by atoms with van der Waals surface area (Å²) in [4.78, 5) is 35.4. The number of aromatic nitrogens is 1. The number of hydrogen-bond acceptors (Lipinski definition) is 5. The Hall–Kier alpha value is -2.25. The van der Waals surface area contributed by atoms with Crippen LogP contribution in [0.3, 0.4) is 0 Å². The number of benzene rings is 1. The van der Waals surface area contributed by atoms with Gasteiger partial charge >= 0.3 is 0 Å². The van der Waals surface area contributed by atoms with Gasteiger partial charge in [-0.15, -0.1) is 11.3 Å². The minimum Gasteiger partial charge on any atom is -0.342 e. The second-order valence-corrected chi connectivity index (χ2v) is 7.77. The van der Waals surface area contributed by atoms with Gasteiger partial charge in [-0.2, -0.15) is 0 Å². The van der Waals surface area contributed by atoms with Crippen molar-refractivity contribution in [3.63, 3.8) is 0 Å². The van der Waals surface area contributed by atoms with Gasteiger partial charge in [-0.3, -0.25) is 14.5 Å². The maximum atomic E-state index is 12.6. The monoisotopic (exact) mass is 400 g/mol. The molecule has 0 spiro atoms. The van der Waals surface area contributed by atoms with Gasteiger partial charge in [0.15, 0.2) is 0 Å². The van der Waals surface area contributed by atoms with E-state index in [0.29, 0.717) is 26.1 Å². The summed E-state index contributed by atoms with van der Waals surface area (Å²) in [6, 6.07) is 10.0. The number of likely N-dealkylation sites (N-methyl/N-ethyl adjacent to an activating group) is 1. The van der Waals surface area contributed by atoms with Gasteiger partial charge in [0.25, 0.3) is 0 Å². The molecule has 1 aliphatic rings. The van der Waals surface area contributed by atoms with Crippen molar-refractivity contribution in [3.8, 4) is 10.6 Å². The fourth-order valence-corrected chi connectivity index (χ4v) is 4.22. The van der Waals surface area contributed by atoms with E-state index in [4.69, 9.17) is 0 Å². The van der Waals surface area contributed by atoms with E-state index in [1.165, 1.54) is 0 Å². The maximum absolute atomic E-state index is 12.6. The van der Waals surface area contributed by atoms with Crippen molar-refractivity contribution in [2.45, 2.75) is 20.3 Å². The fraction of sp³-hybridized carbons (Fsp3) is 0.476. The largest absolute Gasteiger partial charge is 0.342 e. The van der Waals surface area contributed by atoms with E-state index in [1.54, 1.807) is 11.3 Å². The molecular weight excluding hydrogens is 372 g/mol. The molecule has 1 saturated heterocycles. The molecule has 0 saturated carbocycles. The van der Waals surface area contributed by atoms with Gasteiger partial charge in [-0.25, -0.2) is 4.98 Å². The minimum absolute atomic E-state index is 0.111. The van der Waals surface area contributed by atoms with Crippen LogP contribution in [0.25, 0.3) is 10.6 Å². The number of hydrogen-bond donors (Lipinski definition) is 0. The van der Waals surface area contributed by atoms with E-state index in [-0.39, 0.29) is 11.8 Å².